The summed E-state index contributed by atoms with van der Waals surface area (Å²) in [7, 11) is 0. The monoisotopic (exact) mass is 289 g/mol. The number of nitrogens with zero attached hydrogens (tertiary/aromatic N) is 1. The van der Waals surface area contributed by atoms with Crippen LogP contribution in [0.15, 0.2) is 36.4 Å². The number of nitro groups is 1. The number of benzene rings is 1. The third kappa shape index (κ3) is 5.02. The van der Waals surface area contributed by atoms with E-state index in [1.807, 2.05) is 0 Å². The number of carbonyl (C=O) groups is 1. The fraction of sp³-hybridized carbons (Fsp3) is 0.438. The number of hydrogen-bond donors (Lipinski definition) is 0. The Balaban J connectivity index is 1.88. The van der Waals surface area contributed by atoms with E-state index in [0.29, 0.717) is 12.2 Å². The molecular weight excluding hydrogens is 270 g/mol. The Labute approximate surface area is 123 Å². The van der Waals surface area contributed by atoms with Crippen LogP contribution in [-0.2, 0) is 4.79 Å². The largest absolute Gasteiger partial charge is 0.427 e. The molecule has 0 heterocycles. The molecule has 5 nitrogen and oxygen atoms in total. The Hall–Kier alpha value is -2.17. The number of ether oxygens (including phenoxy) is 1. The minimum atomic E-state index is -0.481. The van der Waals surface area contributed by atoms with Gasteiger partial charge >= 0.3 is 5.97 Å². The highest BCUT2D eigenvalue weighted by molar-refractivity contribution is 5.73. The first kappa shape index (κ1) is 15.2. The van der Waals surface area contributed by atoms with Crippen molar-refractivity contribution >= 4 is 11.7 Å². The van der Waals surface area contributed by atoms with Crippen LogP contribution in [0, 0.1) is 16.0 Å². The van der Waals surface area contributed by atoms with Gasteiger partial charge in [0.25, 0.3) is 5.69 Å². The maximum atomic E-state index is 11.9. The first-order valence-electron chi connectivity index (χ1n) is 7.27. The van der Waals surface area contributed by atoms with E-state index in [4.69, 9.17) is 4.74 Å². The molecule has 0 radical (unpaired) electrons. The molecule has 0 saturated carbocycles. The van der Waals surface area contributed by atoms with Gasteiger partial charge in [-0.3, -0.25) is 14.9 Å². The SMILES string of the molecule is O=C(CC1/C=C/CCCCC1)Oc1ccc([N+](=O)[O-])cc1. The Morgan fingerprint density at radius 3 is 2.71 bits per heavy atom. The van der Waals surface area contributed by atoms with Crippen molar-refractivity contribution in [1.29, 1.82) is 0 Å². The zero-order valence-corrected chi connectivity index (χ0v) is 11.9. The first-order valence-corrected chi connectivity index (χ1v) is 7.27. The molecule has 21 heavy (non-hydrogen) atoms. The lowest BCUT2D eigenvalue weighted by Gasteiger charge is -2.14. The molecule has 112 valence electrons. The molecule has 0 bridgehead atoms. The van der Waals surface area contributed by atoms with Crippen LogP contribution in [0.5, 0.6) is 5.75 Å². The van der Waals surface area contributed by atoms with Crippen LogP contribution in [0.2, 0.25) is 0 Å². The van der Waals surface area contributed by atoms with E-state index in [-0.39, 0.29) is 17.6 Å². The fourth-order valence-corrected chi connectivity index (χ4v) is 2.42. The van der Waals surface area contributed by atoms with Gasteiger partial charge in [0.05, 0.1) is 11.3 Å². The van der Waals surface area contributed by atoms with Crippen LogP contribution in [-0.4, -0.2) is 10.9 Å². The molecule has 1 aliphatic carbocycles. The van der Waals surface area contributed by atoms with Crippen LogP contribution < -0.4 is 4.74 Å². The van der Waals surface area contributed by atoms with E-state index in [1.54, 1.807) is 0 Å². The maximum Gasteiger partial charge on any atom is 0.311 e. The number of esters is 1. The number of allylic oxidation sites excluding steroid dienone is 2. The standard InChI is InChI=1S/C16H19NO4/c18-16(12-13-6-4-2-1-3-5-7-13)21-15-10-8-14(9-11-15)17(19)20/h4,6,8-11,13H,1-3,5,7,12H2/b6-4+. The second-order valence-electron chi connectivity index (χ2n) is 5.26. The van der Waals surface area contributed by atoms with Crippen molar-refractivity contribution in [2.75, 3.05) is 0 Å². The van der Waals surface area contributed by atoms with Crippen molar-refractivity contribution < 1.29 is 14.5 Å². The van der Waals surface area contributed by atoms with Crippen LogP contribution in [0.3, 0.4) is 0 Å². The van der Waals surface area contributed by atoms with Crippen molar-refractivity contribution in [3.8, 4) is 5.75 Å². The van der Waals surface area contributed by atoms with E-state index in [1.165, 1.54) is 37.1 Å². The number of rotatable bonds is 4. The van der Waals surface area contributed by atoms with Crippen LogP contribution in [0.25, 0.3) is 0 Å². The average molecular weight is 289 g/mol. The molecule has 5 heteroatoms. The molecule has 2 rings (SSSR count). The summed E-state index contributed by atoms with van der Waals surface area (Å²) < 4.78 is 5.23. The number of hydrogen-bond acceptors (Lipinski definition) is 4. The Morgan fingerprint density at radius 2 is 2.00 bits per heavy atom. The van der Waals surface area contributed by atoms with Crippen molar-refractivity contribution in [3.05, 3.63) is 46.5 Å². The lowest BCUT2D eigenvalue weighted by Crippen LogP contribution is -2.13. The topological polar surface area (TPSA) is 69.4 Å². The van der Waals surface area contributed by atoms with Gasteiger partial charge in [0, 0.05) is 12.1 Å². The quantitative estimate of drug-likeness (QED) is 0.276. The molecule has 1 unspecified atom stereocenters. The fourth-order valence-electron chi connectivity index (χ4n) is 2.42. The maximum absolute atomic E-state index is 11.9. The molecule has 0 spiro atoms. The van der Waals surface area contributed by atoms with E-state index < -0.39 is 4.92 Å². The third-order valence-corrected chi connectivity index (χ3v) is 3.56. The smallest absolute Gasteiger partial charge is 0.311 e. The van der Waals surface area contributed by atoms with Crippen LogP contribution in [0.4, 0.5) is 5.69 Å². The minimum Gasteiger partial charge on any atom is -0.427 e. The van der Waals surface area contributed by atoms with Crippen molar-refractivity contribution in [2.24, 2.45) is 5.92 Å². The highest BCUT2D eigenvalue weighted by Crippen LogP contribution is 2.22. The second-order valence-corrected chi connectivity index (χ2v) is 5.26. The zero-order chi connectivity index (χ0) is 15.1. The molecule has 1 aromatic carbocycles. The molecule has 0 amide bonds. The summed E-state index contributed by atoms with van der Waals surface area (Å²) in [6, 6.07) is 5.56. The predicted molar refractivity (Wildman–Crippen MR) is 79.1 cm³/mol. The van der Waals surface area contributed by atoms with Gasteiger partial charge in [-0.05, 0) is 37.3 Å². The van der Waals surface area contributed by atoms with E-state index in [2.05, 4.69) is 12.2 Å². The summed E-state index contributed by atoms with van der Waals surface area (Å²) in [5.74, 6) is 0.287. The van der Waals surface area contributed by atoms with Gasteiger partial charge in [-0.2, -0.15) is 0 Å². The number of carbonyl (C=O) groups excluding carboxylic acids is 1. The summed E-state index contributed by atoms with van der Waals surface area (Å²) in [6.07, 6.45) is 10.3. The Kier molecular flexibility index (Phi) is 5.49. The van der Waals surface area contributed by atoms with Gasteiger partial charge in [0.15, 0.2) is 0 Å². The highest BCUT2D eigenvalue weighted by Gasteiger charge is 2.14. The van der Waals surface area contributed by atoms with Gasteiger partial charge in [0.1, 0.15) is 5.75 Å². The Morgan fingerprint density at radius 1 is 1.24 bits per heavy atom. The summed E-state index contributed by atoms with van der Waals surface area (Å²) >= 11 is 0. The molecule has 1 aliphatic rings. The minimum absolute atomic E-state index is 0.0160. The lowest BCUT2D eigenvalue weighted by molar-refractivity contribution is -0.384. The average Bonchev–Trinajstić information content (AvgIpc) is 2.42. The molecule has 0 N–H and O–H groups in total. The zero-order valence-electron chi connectivity index (χ0n) is 11.9. The highest BCUT2D eigenvalue weighted by atomic mass is 16.6. The lowest BCUT2D eigenvalue weighted by atomic mass is 9.94. The van der Waals surface area contributed by atoms with Gasteiger partial charge in [-0.25, -0.2) is 0 Å². The predicted octanol–water partition coefficient (Wildman–Crippen LogP) is 4.03. The summed E-state index contributed by atoms with van der Waals surface area (Å²) in [6.45, 7) is 0. The van der Waals surface area contributed by atoms with Gasteiger partial charge in [-0.15, -0.1) is 0 Å². The molecule has 0 saturated heterocycles. The van der Waals surface area contributed by atoms with Gasteiger partial charge in [0.2, 0.25) is 0 Å². The number of nitro benzene ring substituents is 1. The van der Waals surface area contributed by atoms with Crippen LogP contribution >= 0.6 is 0 Å². The number of non-ortho nitro benzene ring substituents is 1. The van der Waals surface area contributed by atoms with Crippen molar-refractivity contribution in [1.82, 2.24) is 0 Å². The molecule has 1 atom stereocenters. The van der Waals surface area contributed by atoms with Crippen LogP contribution in [0.1, 0.15) is 38.5 Å². The molecule has 0 aromatic heterocycles. The van der Waals surface area contributed by atoms with Gasteiger partial charge < -0.3 is 4.74 Å². The normalized spacial score (nSPS) is 20.1. The van der Waals surface area contributed by atoms with E-state index >= 15 is 0 Å². The molecule has 1 aromatic rings. The molecular formula is C16H19NO4. The second kappa shape index (κ2) is 7.57. The third-order valence-electron chi connectivity index (χ3n) is 3.56. The summed E-state index contributed by atoms with van der Waals surface area (Å²) in [5, 5.41) is 10.5. The Bertz CT molecular complexity index is 522. The van der Waals surface area contributed by atoms with E-state index in [0.717, 1.165) is 19.3 Å². The van der Waals surface area contributed by atoms with Crippen molar-refractivity contribution in [2.45, 2.75) is 38.5 Å². The molecule has 0 aliphatic heterocycles. The summed E-state index contributed by atoms with van der Waals surface area (Å²) in [4.78, 5) is 22.0. The first-order chi connectivity index (χ1) is 10.1. The summed E-state index contributed by atoms with van der Waals surface area (Å²) in [5.41, 5.74) is -0.0160. The van der Waals surface area contributed by atoms with Crippen molar-refractivity contribution in [3.63, 3.8) is 0 Å². The van der Waals surface area contributed by atoms with E-state index in [9.17, 15) is 14.9 Å². The van der Waals surface area contributed by atoms with Gasteiger partial charge in [-0.1, -0.05) is 25.0 Å². The molecule has 0 fully saturated rings.